The molecule has 0 aliphatic rings. The third kappa shape index (κ3) is 3.75. The number of carbonyl (C=O) groups excluding carboxylic acids is 1. The molecule has 1 amide bonds. The smallest absolute Gasteiger partial charge is 0.270 e. The van der Waals surface area contributed by atoms with Crippen LogP contribution in [0.4, 0.5) is 15.8 Å². The number of amides is 1. The molecule has 0 saturated heterocycles. The first-order chi connectivity index (χ1) is 12.6. The standard InChI is InChI=1S/C20H15FN2O3/c21-19-12-11-17(23(25)26)13-18(19)20(24)22(16-9-5-2-6-10-16)14-15-7-3-1-4-8-15/h1-13H,14H2. The second-order valence-corrected chi connectivity index (χ2v) is 5.63. The van der Waals surface area contributed by atoms with E-state index in [0.29, 0.717) is 5.69 Å². The number of nitrogens with zero attached hydrogens (tertiary/aromatic N) is 2. The average molecular weight is 350 g/mol. The molecule has 3 rings (SSSR count). The van der Waals surface area contributed by atoms with Crippen molar-refractivity contribution in [2.45, 2.75) is 6.54 Å². The van der Waals surface area contributed by atoms with Gasteiger partial charge in [-0.25, -0.2) is 4.39 Å². The molecule has 0 aromatic heterocycles. The maximum atomic E-state index is 14.2. The van der Waals surface area contributed by atoms with Gasteiger partial charge >= 0.3 is 0 Å². The highest BCUT2D eigenvalue weighted by molar-refractivity contribution is 6.06. The lowest BCUT2D eigenvalue weighted by molar-refractivity contribution is -0.384. The Morgan fingerprint density at radius 1 is 0.962 bits per heavy atom. The summed E-state index contributed by atoms with van der Waals surface area (Å²) in [6.45, 7) is 0.214. The first-order valence-electron chi connectivity index (χ1n) is 7.91. The number of para-hydroxylation sites is 1. The van der Waals surface area contributed by atoms with Crippen LogP contribution in [0.2, 0.25) is 0 Å². The molecule has 0 N–H and O–H groups in total. The molecule has 0 atom stereocenters. The zero-order chi connectivity index (χ0) is 18.5. The summed E-state index contributed by atoms with van der Waals surface area (Å²) in [5, 5.41) is 11.0. The van der Waals surface area contributed by atoms with E-state index in [1.807, 2.05) is 36.4 Å². The van der Waals surface area contributed by atoms with Gasteiger partial charge in [0.2, 0.25) is 0 Å². The van der Waals surface area contributed by atoms with Gasteiger partial charge in [-0.05, 0) is 23.8 Å². The van der Waals surface area contributed by atoms with Crippen molar-refractivity contribution in [3.05, 3.63) is 106 Å². The first kappa shape index (κ1) is 17.3. The summed E-state index contributed by atoms with van der Waals surface area (Å²) in [4.78, 5) is 24.7. The van der Waals surface area contributed by atoms with Crippen molar-refractivity contribution in [1.82, 2.24) is 0 Å². The number of hydrogen-bond acceptors (Lipinski definition) is 3. The number of rotatable bonds is 5. The third-order valence-electron chi connectivity index (χ3n) is 3.89. The van der Waals surface area contributed by atoms with Gasteiger partial charge in [0.05, 0.1) is 17.0 Å². The lowest BCUT2D eigenvalue weighted by Gasteiger charge is -2.23. The van der Waals surface area contributed by atoms with Gasteiger partial charge in [-0.1, -0.05) is 48.5 Å². The molecule has 0 aliphatic carbocycles. The van der Waals surface area contributed by atoms with Crippen molar-refractivity contribution in [2.75, 3.05) is 4.90 Å². The van der Waals surface area contributed by atoms with Crippen molar-refractivity contribution in [1.29, 1.82) is 0 Å². The Labute approximate surface area is 149 Å². The highest BCUT2D eigenvalue weighted by Gasteiger charge is 2.23. The predicted octanol–water partition coefficient (Wildman–Crippen LogP) is 4.58. The van der Waals surface area contributed by atoms with Gasteiger partial charge in [-0.2, -0.15) is 0 Å². The molecule has 0 spiro atoms. The van der Waals surface area contributed by atoms with Crippen LogP contribution in [0.1, 0.15) is 15.9 Å². The van der Waals surface area contributed by atoms with Crippen molar-refractivity contribution in [3.63, 3.8) is 0 Å². The van der Waals surface area contributed by atoms with Crippen LogP contribution >= 0.6 is 0 Å². The number of nitro groups is 1. The Hall–Kier alpha value is -3.54. The summed E-state index contributed by atoms with van der Waals surface area (Å²) in [6.07, 6.45) is 0. The van der Waals surface area contributed by atoms with Crippen molar-refractivity contribution < 1.29 is 14.1 Å². The molecule has 0 unspecified atom stereocenters. The predicted molar refractivity (Wildman–Crippen MR) is 96.5 cm³/mol. The highest BCUT2D eigenvalue weighted by atomic mass is 19.1. The Kier molecular flexibility index (Phi) is 5.03. The summed E-state index contributed by atoms with van der Waals surface area (Å²) in [5.41, 5.74) is 0.768. The van der Waals surface area contributed by atoms with Crippen LogP contribution in [0.5, 0.6) is 0 Å². The van der Waals surface area contributed by atoms with Crippen molar-refractivity contribution in [3.8, 4) is 0 Å². The molecule has 26 heavy (non-hydrogen) atoms. The molecule has 0 bridgehead atoms. The Morgan fingerprint density at radius 3 is 2.19 bits per heavy atom. The van der Waals surface area contributed by atoms with Crippen LogP contribution < -0.4 is 4.90 Å². The summed E-state index contributed by atoms with van der Waals surface area (Å²) >= 11 is 0. The van der Waals surface area contributed by atoms with E-state index in [4.69, 9.17) is 0 Å². The monoisotopic (exact) mass is 350 g/mol. The van der Waals surface area contributed by atoms with Crippen molar-refractivity contribution in [2.24, 2.45) is 0 Å². The summed E-state index contributed by atoms with van der Waals surface area (Å²) in [7, 11) is 0. The van der Waals surface area contributed by atoms with E-state index >= 15 is 0 Å². The fourth-order valence-corrected chi connectivity index (χ4v) is 2.59. The summed E-state index contributed by atoms with van der Waals surface area (Å²) in [5.74, 6) is -1.43. The molecule has 0 aliphatic heterocycles. The van der Waals surface area contributed by atoms with Gasteiger partial charge in [-0.15, -0.1) is 0 Å². The van der Waals surface area contributed by atoms with Gasteiger partial charge in [-0.3, -0.25) is 14.9 Å². The quantitative estimate of drug-likeness (QED) is 0.500. The molecule has 5 nitrogen and oxygen atoms in total. The van der Waals surface area contributed by atoms with Crippen LogP contribution in [-0.2, 0) is 6.54 Å². The average Bonchev–Trinajstić information content (AvgIpc) is 2.67. The number of benzene rings is 3. The number of non-ortho nitro benzene ring substituents is 1. The molecule has 3 aromatic carbocycles. The fraction of sp³-hybridized carbons (Fsp3) is 0.0500. The van der Waals surface area contributed by atoms with E-state index in [-0.39, 0.29) is 17.8 Å². The minimum Gasteiger partial charge on any atom is -0.304 e. The van der Waals surface area contributed by atoms with Gasteiger partial charge in [0.25, 0.3) is 11.6 Å². The second kappa shape index (κ2) is 7.57. The zero-order valence-electron chi connectivity index (χ0n) is 13.7. The van der Waals surface area contributed by atoms with E-state index in [9.17, 15) is 19.3 Å². The van der Waals surface area contributed by atoms with Crippen LogP contribution in [0.3, 0.4) is 0 Å². The molecule has 0 fully saturated rings. The van der Waals surface area contributed by atoms with Gasteiger partial charge < -0.3 is 4.90 Å². The summed E-state index contributed by atoms with van der Waals surface area (Å²) in [6, 6.07) is 21.0. The largest absolute Gasteiger partial charge is 0.304 e. The molecule has 3 aromatic rings. The van der Waals surface area contributed by atoms with E-state index in [1.165, 1.54) is 4.90 Å². The van der Waals surface area contributed by atoms with Crippen LogP contribution in [0.25, 0.3) is 0 Å². The molecule has 130 valence electrons. The Bertz CT molecular complexity index is 930. The lowest BCUT2D eigenvalue weighted by atomic mass is 10.1. The molecule has 0 heterocycles. The normalized spacial score (nSPS) is 10.3. The van der Waals surface area contributed by atoms with E-state index in [0.717, 1.165) is 23.8 Å². The number of carbonyl (C=O) groups is 1. The number of hydrogen-bond donors (Lipinski definition) is 0. The first-order valence-corrected chi connectivity index (χ1v) is 7.91. The second-order valence-electron chi connectivity index (χ2n) is 5.63. The third-order valence-corrected chi connectivity index (χ3v) is 3.89. The van der Waals surface area contributed by atoms with Crippen LogP contribution in [0.15, 0.2) is 78.9 Å². The van der Waals surface area contributed by atoms with Crippen molar-refractivity contribution >= 4 is 17.3 Å². The van der Waals surface area contributed by atoms with E-state index in [1.54, 1.807) is 24.3 Å². The van der Waals surface area contributed by atoms with Gasteiger partial charge in [0.1, 0.15) is 5.82 Å². The Balaban J connectivity index is 2.03. The maximum absolute atomic E-state index is 14.2. The van der Waals surface area contributed by atoms with E-state index in [2.05, 4.69) is 0 Å². The minimum absolute atomic E-state index is 0.214. The molecule has 6 heteroatoms. The molecule has 0 saturated carbocycles. The topological polar surface area (TPSA) is 63.4 Å². The maximum Gasteiger partial charge on any atom is 0.270 e. The lowest BCUT2D eigenvalue weighted by Crippen LogP contribution is -2.31. The summed E-state index contributed by atoms with van der Waals surface area (Å²) < 4.78 is 14.2. The highest BCUT2D eigenvalue weighted by Crippen LogP contribution is 2.23. The van der Waals surface area contributed by atoms with E-state index < -0.39 is 16.6 Å². The SMILES string of the molecule is O=C(c1cc([N+](=O)[O-])ccc1F)N(Cc1ccccc1)c1ccccc1. The Morgan fingerprint density at radius 2 is 1.58 bits per heavy atom. The number of anilines is 1. The number of nitro benzene ring substituents is 1. The van der Waals surface area contributed by atoms with Crippen LogP contribution in [0, 0.1) is 15.9 Å². The zero-order valence-corrected chi connectivity index (χ0v) is 13.7. The molecule has 0 radical (unpaired) electrons. The molecular weight excluding hydrogens is 335 g/mol. The van der Waals surface area contributed by atoms with Gasteiger partial charge in [0, 0.05) is 17.8 Å². The van der Waals surface area contributed by atoms with Gasteiger partial charge in [0.15, 0.2) is 0 Å². The minimum atomic E-state index is -0.797. The molecular formula is C20H15FN2O3. The fourth-order valence-electron chi connectivity index (χ4n) is 2.59. The van der Waals surface area contributed by atoms with Crippen LogP contribution in [-0.4, -0.2) is 10.8 Å². The number of halogens is 1.